The normalized spacial score (nSPS) is 23.7. The van der Waals surface area contributed by atoms with E-state index in [1.807, 2.05) is 18.7 Å². The quantitative estimate of drug-likeness (QED) is 0.656. The molecule has 3 N–H and O–H groups in total. The lowest BCUT2D eigenvalue weighted by Crippen LogP contribution is -2.37. The third-order valence-electron chi connectivity index (χ3n) is 4.98. The van der Waals surface area contributed by atoms with Crippen molar-refractivity contribution in [3.8, 4) is 0 Å². The third-order valence-corrected chi connectivity index (χ3v) is 4.98. The van der Waals surface area contributed by atoms with Crippen molar-refractivity contribution in [1.82, 2.24) is 9.78 Å². The number of hydrogen-bond acceptors (Lipinski definition) is 3. The standard InChI is InChI=1S/C15H25N5/c1-10-13(14(16)17)15(19(2)18-10)20-9-5-8-12(20)11-6-3-4-7-11/h11-12H,3-9H2,1-2H3,(H3,16,17). The fourth-order valence-electron chi connectivity index (χ4n) is 4.18. The van der Waals surface area contributed by atoms with Gasteiger partial charge in [-0.05, 0) is 38.5 Å². The van der Waals surface area contributed by atoms with Gasteiger partial charge in [-0.25, -0.2) is 0 Å². The minimum Gasteiger partial charge on any atom is -0.384 e. The molecule has 1 saturated carbocycles. The fraction of sp³-hybridized carbons (Fsp3) is 0.733. The first-order chi connectivity index (χ1) is 9.59. The minimum absolute atomic E-state index is 0.141. The zero-order valence-corrected chi connectivity index (χ0v) is 12.5. The van der Waals surface area contributed by atoms with Gasteiger partial charge in [-0.15, -0.1) is 0 Å². The van der Waals surface area contributed by atoms with Gasteiger partial charge in [0, 0.05) is 19.6 Å². The molecule has 5 nitrogen and oxygen atoms in total. The maximum atomic E-state index is 7.87. The van der Waals surface area contributed by atoms with Crippen molar-refractivity contribution < 1.29 is 0 Å². The molecule has 3 rings (SSSR count). The average molecular weight is 275 g/mol. The van der Waals surface area contributed by atoms with Gasteiger partial charge in [0.25, 0.3) is 0 Å². The average Bonchev–Trinajstić information content (AvgIpc) is 3.06. The predicted octanol–water partition coefficient (Wildman–Crippen LogP) is 2.17. The highest BCUT2D eigenvalue weighted by molar-refractivity contribution is 6.01. The van der Waals surface area contributed by atoms with Crippen LogP contribution >= 0.6 is 0 Å². The molecule has 1 saturated heterocycles. The zero-order valence-electron chi connectivity index (χ0n) is 12.5. The van der Waals surface area contributed by atoms with Gasteiger partial charge < -0.3 is 10.6 Å². The van der Waals surface area contributed by atoms with Crippen molar-refractivity contribution in [3.63, 3.8) is 0 Å². The molecule has 0 bridgehead atoms. The van der Waals surface area contributed by atoms with Crippen LogP contribution in [0.2, 0.25) is 0 Å². The zero-order chi connectivity index (χ0) is 14.3. The molecule has 110 valence electrons. The summed E-state index contributed by atoms with van der Waals surface area (Å²) in [5.41, 5.74) is 7.50. The van der Waals surface area contributed by atoms with Crippen molar-refractivity contribution >= 4 is 11.7 Å². The second kappa shape index (κ2) is 5.11. The molecule has 2 fully saturated rings. The molecule has 20 heavy (non-hydrogen) atoms. The Morgan fingerprint density at radius 1 is 1.25 bits per heavy atom. The third kappa shape index (κ3) is 2.09. The molecule has 1 aromatic rings. The van der Waals surface area contributed by atoms with Crippen molar-refractivity contribution in [1.29, 1.82) is 5.41 Å². The van der Waals surface area contributed by atoms with E-state index in [1.165, 1.54) is 38.5 Å². The second-order valence-corrected chi connectivity index (χ2v) is 6.27. The van der Waals surface area contributed by atoms with Crippen molar-refractivity contribution in [2.75, 3.05) is 11.4 Å². The largest absolute Gasteiger partial charge is 0.384 e. The second-order valence-electron chi connectivity index (χ2n) is 6.27. The number of nitrogens with two attached hydrogens (primary N) is 1. The summed E-state index contributed by atoms with van der Waals surface area (Å²) in [6.07, 6.45) is 7.97. The number of nitrogen functional groups attached to an aromatic ring is 1. The molecule has 1 aromatic heterocycles. The van der Waals surface area contributed by atoms with Crippen LogP contribution < -0.4 is 10.6 Å². The van der Waals surface area contributed by atoms with E-state index in [0.717, 1.165) is 29.5 Å². The van der Waals surface area contributed by atoms with Crippen LogP contribution in [0.25, 0.3) is 0 Å². The van der Waals surface area contributed by atoms with Crippen LogP contribution in [0, 0.1) is 18.3 Å². The van der Waals surface area contributed by atoms with Gasteiger partial charge in [-0.1, -0.05) is 12.8 Å². The number of amidine groups is 1. The molecule has 0 radical (unpaired) electrons. The first kappa shape index (κ1) is 13.5. The van der Waals surface area contributed by atoms with Crippen LogP contribution in [-0.2, 0) is 7.05 Å². The molecule has 1 unspecified atom stereocenters. The lowest BCUT2D eigenvalue weighted by Gasteiger charge is -2.31. The molecular formula is C15H25N5. The van der Waals surface area contributed by atoms with Gasteiger partial charge in [-0.2, -0.15) is 5.10 Å². The first-order valence-corrected chi connectivity index (χ1v) is 7.74. The Bertz CT molecular complexity index is 513. The Morgan fingerprint density at radius 2 is 1.95 bits per heavy atom. The van der Waals surface area contributed by atoms with E-state index in [9.17, 15) is 0 Å². The van der Waals surface area contributed by atoms with Crippen molar-refractivity contribution in [2.45, 2.75) is 51.5 Å². The Labute approximate surface area is 120 Å². The molecular weight excluding hydrogens is 250 g/mol. The number of anilines is 1. The maximum absolute atomic E-state index is 7.87. The van der Waals surface area contributed by atoms with Crippen molar-refractivity contribution in [3.05, 3.63) is 11.3 Å². The summed E-state index contributed by atoms with van der Waals surface area (Å²) >= 11 is 0. The van der Waals surface area contributed by atoms with Gasteiger partial charge in [0.05, 0.1) is 11.3 Å². The van der Waals surface area contributed by atoms with E-state index in [4.69, 9.17) is 11.1 Å². The monoisotopic (exact) mass is 275 g/mol. The molecule has 2 heterocycles. The van der Waals surface area contributed by atoms with E-state index in [-0.39, 0.29) is 5.84 Å². The molecule has 0 aromatic carbocycles. The molecule has 5 heteroatoms. The number of aromatic nitrogens is 2. The molecule has 0 spiro atoms. The van der Waals surface area contributed by atoms with E-state index in [1.54, 1.807) is 0 Å². The summed E-state index contributed by atoms with van der Waals surface area (Å²) < 4.78 is 1.92. The van der Waals surface area contributed by atoms with Gasteiger partial charge >= 0.3 is 0 Å². The number of hydrogen-bond donors (Lipinski definition) is 2. The molecule has 1 aliphatic carbocycles. The molecule has 2 aliphatic rings. The van der Waals surface area contributed by atoms with Gasteiger partial charge in [0.15, 0.2) is 0 Å². The number of aryl methyl sites for hydroxylation is 2. The number of rotatable bonds is 3. The van der Waals surface area contributed by atoms with Crippen LogP contribution in [0.15, 0.2) is 0 Å². The highest BCUT2D eigenvalue weighted by Gasteiger charge is 2.36. The minimum atomic E-state index is 0.141. The number of nitrogens with zero attached hydrogens (tertiary/aromatic N) is 3. The van der Waals surface area contributed by atoms with E-state index in [2.05, 4.69) is 10.00 Å². The van der Waals surface area contributed by atoms with Gasteiger partial charge in [-0.3, -0.25) is 10.1 Å². The lowest BCUT2D eigenvalue weighted by atomic mass is 9.96. The molecule has 1 aliphatic heterocycles. The first-order valence-electron chi connectivity index (χ1n) is 7.74. The van der Waals surface area contributed by atoms with Crippen LogP contribution in [0.4, 0.5) is 5.82 Å². The fourth-order valence-corrected chi connectivity index (χ4v) is 4.18. The maximum Gasteiger partial charge on any atom is 0.138 e. The van der Waals surface area contributed by atoms with E-state index >= 15 is 0 Å². The van der Waals surface area contributed by atoms with Crippen molar-refractivity contribution in [2.24, 2.45) is 18.7 Å². The topological polar surface area (TPSA) is 70.9 Å². The molecule has 0 amide bonds. The highest BCUT2D eigenvalue weighted by Crippen LogP contribution is 2.39. The van der Waals surface area contributed by atoms with Gasteiger partial charge in [0.2, 0.25) is 0 Å². The highest BCUT2D eigenvalue weighted by atomic mass is 15.4. The number of nitrogens with one attached hydrogen (secondary N) is 1. The summed E-state index contributed by atoms with van der Waals surface area (Å²) in [4.78, 5) is 2.48. The van der Waals surface area contributed by atoms with Crippen LogP contribution in [0.5, 0.6) is 0 Å². The molecule has 1 atom stereocenters. The van der Waals surface area contributed by atoms with Crippen LogP contribution in [0.3, 0.4) is 0 Å². The Morgan fingerprint density at radius 3 is 2.60 bits per heavy atom. The Balaban J connectivity index is 1.97. The Hall–Kier alpha value is -1.52. The van der Waals surface area contributed by atoms with E-state index < -0.39 is 0 Å². The van der Waals surface area contributed by atoms with Crippen LogP contribution in [-0.4, -0.2) is 28.2 Å². The van der Waals surface area contributed by atoms with E-state index in [0.29, 0.717) is 6.04 Å². The summed E-state index contributed by atoms with van der Waals surface area (Å²) in [5, 5.41) is 12.4. The summed E-state index contributed by atoms with van der Waals surface area (Å²) in [7, 11) is 1.97. The van der Waals surface area contributed by atoms with Gasteiger partial charge in [0.1, 0.15) is 11.7 Å². The summed E-state index contributed by atoms with van der Waals surface area (Å²) in [6, 6.07) is 0.616. The summed E-state index contributed by atoms with van der Waals surface area (Å²) in [6.45, 7) is 3.02. The lowest BCUT2D eigenvalue weighted by molar-refractivity contribution is 0.426. The predicted molar refractivity (Wildman–Crippen MR) is 81.3 cm³/mol. The SMILES string of the molecule is Cc1nn(C)c(N2CCCC2C2CCCC2)c1C(=N)N. The smallest absolute Gasteiger partial charge is 0.138 e. The van der Waals surface area contributed by atoms with Crippen LogP contribution in [0.1, 0.15) is 49.8 Å². The summed E-state index contributed by atoms with van der Waals surface area (Å²) in [5.74, 6) is 2.01. The Kier molecular flexibility index (Phi) is 3.44.